The molecule has 0 aliphatic rings. The van der Waals surface area contributed by atoms with E-state index in [0.29, 0.717) is 11.3 Å². The number of nitrogens with one attached hydrogen (secondary N) is 1. The quantitative estimate of drug-likeness (QED) is 0.788. The van der Waals surface area contributed by atoms with Gasteiger partial charge < -0.3 is 11.1 Å². The number of hydrogen-bond acceptors (Lipinski definition) is 2. The number of halogens is 3. The molecule has 2 aromatic carbocycles. The lowest BCUT2D eigenvalue weighted by Crippen LogP contribution is -2.33. The SMILES string of the molecule is CC(C)C(NC(=O)Cc1ccc(N)cc1)c1cccc(C(F)(F)F)c1. The Hall–Kier alpha value is -2.50. The summed E-state index contributed by atoms with van der Waals surface area (Å²) in [7, 11) is 0. The van der Waals surface area contributed by atoms with E-state index in [9.17, 15) is 18.0 Å². The van der Waals surface area contributed by atoms with Crippen molar-refractivity contribution in [2.24, 2.45) is 5.92 Å². The number of benzene rings is 2. The molecule has 1 amide bonds. The molecular formula is C19H21F3N2O. The predicted molar refractivity (Wildman–Crippen MR) is 91.7 cm³/mol. The topological polar surface area (TPSA) is 55.1 Å². The highest BCUT2D eigenvalue weighted by Crippen LogP contribution is 2.32. The molecule has 0 aliphatic heterocycles. The van der Waals surface area contributed by atoms with Gasteiger partial charge in [0.25, 0.3) is 0 Å². The third kappa shape index (κ3) is 5.24. The second-order valence-electron chi connectivity index (χ2n) is 6.33. The van der Waals surface area contributed by atoms with E-state index in [0.717, 1.165) is 17.7 Å². The summed E-state index contributed by atoms with van der Waals surface area (Å²) in [5.41, 5.74) is 6.73. The molecule has 0 aromatic heterocycles. The Bertz CT molecular complexity index is 724. The van der Waals surface area contributed by atoms with Crippen molar-refractivity contribution in [1.82, 2.24) is 5.32 Å². The van der Waals surface area contributed by atoms with E-state index in [-0.39, 0.29) is 18.2 Å². The molecule has 0 saturated heterocycles. The van der Waals surface area contributed by atoms with Crippen LogP contribution in [0.4, 0.5) is 18.9 Å². The molecule has 0 bridgehead atoms. The molecule has 1 atom stereocenters. The maximum atomic E-state index is 12.9. The van der Waals surface area contributed by atoms with E-state index in [1.807, 2.05) is 13.8 Å². The van der Waals surface area contributed by atoms with Crippen LogP contribution in [0.2, 0.25) is 0 Å². The number of nitrogens with two attached hydrogens (primary N) is 1. The van der Waals surface area contributed by atoms with Crippen LogP contribution in [0.25, 0.3) is 0 Å². The van der Waals surface area contributed by atoms with E-state index < -0.39 is 17.8 Å². The maximum absolute atomic E-state index is 12.9. The van der Waals surface area contributed by atoms with Gasteiger partial charge in [-0.15, -0.1) is 0 Å². The Morgan fingerprint density at radius 1 is 1.12 bits per heavy atom. The summed E-state index contributed by atoms with van der Waals surface area (Å²) in [6, 6.07) is 11.5. The van der Waals surface area contributed by atoms with E-state index >= 15 is 0 Å². The van der Waals surface area contributed by atoms with Gasteiger partial charge in [-0.1, -0.05) is 38.1 Å². The Labute approximate surface area is 145 Å². The fourth-order valence-electron chi connectivity index (χ4n) is 2.59. The van der Waals surface area contributed by atoms with Gasteiger partial charge in [-0.3, -0.25) is 4.79 Å². The number of rotatable bonds is 5. The average molecular weight is 350 g/mol. The number of carbonyl (C=O) groups excluding carboxylic acids is 1. The molecule has 0 fully saturated rings. The standard InChI is InChI=1S/C19H21F3N2O/c1-12(2)18(14-4-3-5-15(11-14)19(20,21)22)24-17(25)10-13-6-8-16(23)9-7-13/h3-9,11-12,18H,10,23H2,1-2H3,(H,24,25). The molecule has 2 rings (SSSR count). The highest BCUT2D eigenvalue weighted by Gasteiger charge is 2.31. The van der Waals surface area contributed by atoms with E-state index in [1.54, 1.807) is 30.3 Å². The zero-order chi connectivity index (χ0) is 18.6. The predicted octanol–water partition coefficient (Wildman–Crippen LogP) is 4.34. The van der Waals surface area contributed by atoms with Gasteiger partial charge in [0.05, 0.1) is 18.0 Å². The van der Waals surface area contributed by atoms with Gasteiger partial charge in [0.15, 0.2) is 0 Å². The van der Waals surface area contributed by atoms with E-state index in [1.165, 1.54) is 6.07 Å². The minimum atomic E-state index is -4.41. The van der Waals surface area contributed by atoms with Crippen LogP contribution >= 0.6 is 0 Å². The molecule has 6 heteroatoms. The summed E-state index contributed by atoms with van der Waals surface area (Å²) in [5.74, 6) is -0.306. The first-order chi connectivity index (χ1) is 11.7. The van der Waals surface area contributed by atoms with Crippen LogP contribution in [0.15, 0.2) is 48.5 Å². The van der Waals surface area contributed by atoms with Crippen molar-refractivity contribution in [2.75, 3.05) is 5.73 Å². The van der Waals surface area contributed by atoms with Crippen molar-refractivity contribution >= 4 is 11.6 Å². The molecule has 0 saturated carbocycles. The Kier molecular flexibility index (Phi) is 5.72. The number of anilines is 1. The van der Waals surface area contributed by atoms with Crippen LogP contribution in [0.5, 0.6) is 0 Å². The zero-order valence-electron chi connectivity index (χ0n) is 14.1. The summed E-state index contributed by atoms with van der Waals surface area (Å²) >= 11 is 0. The number of amides is 1. The second-order valence-corrected chi connectivity index (χ2v) is 6.33. The Morgan fingerprint density at radius 3 is 2.32 bits per heavy atom. The molecule has 3 nitrogen and oxygen atoms in total. The number of nitrogen functional groups attached to an aromatic ring is 1. The number of alkyl halides is 3. The van der Waals surface area contributed by atoms with Crippen molar-refractivity contribution < 1.29 is 18.0 Å². The summed E-state index contributed by atoms with van der Waals surface area (Å²) < 4.78 is 38.8. The van der Waals surface area contributed by atoms with Crippen molar-refractivity contribution in [3.63, 3.8) is 0 Å². The Morgan fingerprint density at radius 2 is 1.76 bits per heavy atom. The van der Waals surface area contributed by atoms with Crippen LogP contribution in [0, 0.1) is 5.92 Å². The van der Waals surface area contributed by atoms with Crippen molar-refractivity contribution in [3.8, 4) is 0 Å². The number of hydrogen-bond donors (Lipinski definition) is 2. The highest BCUT2D eigenvalue weighted by atomic mass is 19.4. The zero-order valence-corrected chi connectivity index (χ0v) is 14.1. The van der Waals surface area contributed by atoms with Crippen molar-refractivity contribution in [2.45, 2.75) is 32.5 Å². The van der Waals surface area contributed by atoms with Crippen LogP contribution in [0.3, 0.4) is 0 Å². The largest absolute Gasteiger partial charge is 0.416 e. The summed E-state index contributed by atoms with van der Waals surface area (Å²) in [5, 5.41) is 2.84. The molecular weight excluding hydrogens is 329 g/mol. The molecule has 25 heavy (non-hydrogen) atoms. The Balaban J connectivity index is 2.15. The summed E-state index contributed by atoms with van der Waals surface area (Å²) in [6.07, 6.45) is -4.27. The molecule has 134 valence electrons. The van der Waals surface area contributed by atoms with Crippen LogP contribution in [-0.4, -0.2) is 5.91 Å². The first kappa shape index (κ1) is 18.8. The fraction of sp³-hybridized carbons (Fsp3) is 0.316. The highest BCUT2D eigenvalue weighted by molar-refractivity contribution is 5.79. The third-order valence-electron chi connectivity index (χ3n) is 3.90. The number of carbonyl (C=O) groups is 1. The normalized spacial score (nSPS) is 12.9. The average Bonchev–Trinajstić information content (AvgIpc) is 2.54. The summed E-state index contributed by atoms with van der Waals surface area (Å²) in [6.45, 7) is 3.71. The van der Waals surface area contributed by atoms with Gasteiger partial charge in [-0.2, -0.15) is 13.2 Å². The monoisotopic (exact) mass is 350 g/mol. The molecule has 0 aliphatic carbocycles. The van der Waals surface area contributed by atoms with Crippen molar-refractivity contribution in [3.05, 3.63) is 65.2 Å². The van der Waals surface area contributed by atoms with Crippen LogP contribution in [0.1, 0.15) is 36.6 Å². The van der Waals surface area contributed by atoms with Gasteiger partial charge in [-0.25, -0.2) is 0 Å². The second kappa shape index (κ2) is 7.59. The molecule has 3 N–H and O–H groups in total. The first-order valence-corrected chi connectivity index (χ1v) is 7.97. The maximum Gasteiger partial charge on any atom is 0.416 e. The lowest BCUT2D eigenvalue weighted by Gasteiger charge is -2.24. The van der Waals surface area contributed by atoms with Gasteiger partial charge in [0.1, 0.15) is 0 Å². The molecule has 0 heterocycles. The minimum absolute atomic E-state index is 0.0566. The summed E-state index contributed by atoms with van der Waals surface area (Å²) in [4.78, 5) is 12.3. The van der Waals surface area contributed by atoms with E-state index in [2.05, 4.69) is 5.32 Å². The van der Waals surface area contributed by atoms with Crippen molar-refractivity contribution in [1.29, 1.82) is 0 Å². The van der Waals surface area contributed by atoms with Crippen LogP contribution in [-0.2, 0) is 17.4 Å². The smallest absolute Gasteiger partial charge is 0.399 e. The van der Waals surface area contributed by atoms with E-state index in [4.69, 9.17) is 5.73 Å². The minimum Gasteiger partial charge on any atom is -0.399 e. The molecule has 0 spiro atoms. The third-order valence-corrected chi connectivity index (χ3v) is 3.90. The van der Waals surface area contributed by atoms with Crippen LogP contribution < -0.4 is 11.1 Å². The van der Waals surface area contributed by atoms with Gasteiger partial charge in [0, 0.05) is 5.69 Å². The fourth-order valence-corrected chi connectivity index (χ4v) is 2.59. The lowest BCUT2D eigenvalue weighted by molar-refractivity contribution is -0.137. The molecule has 0 radical (unpaired) electrons. The van der Waals surface area contributed by atoms with Gasteiger partial charge in [-0.05, 0) is 41.3 Å². The van der Waals surface area contributed by atoms with Gasteiger partial charge >= 0.3 is 6.18 Å². The molecule has 2 aromatic rings. The molecule has 1 unspecified atom stereocenters. The lowest BCUT2D eigenvalue weighted by atomic mass is 9.94. The van der Waals surface area contributed by atoms with Gasteiger partial charge in [0.2, 0.25) is 5.91 Å². The first-order valence-electron chi connectivity index (χ1n) is 7.97.